The zero-order chi connectivity index (χ0) is 132. The van der Waals surface area contributed by atoms with Crippen molar-refractivity contribution in [1.82, 2.24) is 0 Å². The first-order valence-electron chi connectivity index (χ1n) is 58.8. The van der Waals surface area contributed by atoms with E-state index in [9.17, 15) is 39.6 Å². The molecule has 5 aliphatic carbocycles. The van der Waals surface area contributed by atoms with E-state index < -0.39 is 73.3 Å². The number of aliphatic carboxylic acids is 1. The number of ether oxygens (including phenoxy) is 4. The fourth-order valence-corrected chi connectivity index (χ4v) is 16.1. The maximum atomic E-state index is 11.4. The van der Waals surface area contributed by atoms with Crippen molar-refractivity contribution in [2.75, 3.05) is 7.11 Å². The molecule has 790 valence electrons. The van der Waals surface area contributed by atoms with Crippen LogP contribution in [0, 0.1) is 59.2 Å². The van der Waals surface area contributed by atoms with E-state index in [1.807, 2.05) is 95.4 Å². The Morgan fingerprint density at radius 1 is 0.376 bits per heavy atom. The Hall–Kier alpha value is -0.711. The fourth-order valence-electron chi connectivity index (χ4n) is 16.1. The Bertz CT molecular complexity index is 3930. The maximum absolute atomic E-state index is 11.4. The van der Waals surface area contributed by atoms with Crippen LogP contribution in [0.4, 0.5) is 0 Å². The summed E-state index contributed by atoms with van der Waals surface area (Å²) in [5.41, 5.74) is 0. The molecule has 0 radical (unpaired) electrons. The summed E-state index contributed by atoms with van der Waals surface area (Å²) in [5, 5.41) is 115. The van der Waals surface area contributed by atoms with Gasteiger partial charge in [0.25, 0.3) is 0 Å². The minimum atomic E-state index is -0.809. The van der Waals surface area contributed by atoms with E-state index in [-0.39, 0.29) is 145 Å². The number of carboxylic acids is 1. The fraction of sp³-hybridized carbons (Fsp3) is 0.791. The first-order valence-corrected chi connectivity index (χ1v) is 51.6. The average Bonchev–Trinajstić information content (AvgIpc) is 1.63. The van der Waals surface area contributed by atoms with Crippen LogP contribution in [0.25, 0.3) is 0 Å². The minimum absolute atomic E-state index is 0.0186. The molecule has 31 atom stereocenters. The monoisotopic (exact) mass is 2270 g/mol. The molecule has 0 spiro atoms. The summed E-state index contributed by atoms with van der Waals surface area (Å²) in [4.78, 5) is 44.4. The molecular formula is C86H158B14O27S14. The van der Waals surface area contributed by atoms with Crippen molar-refractivity contribution in [3.8, 4) is 0 Å². The summed E-state index contributed by atoms with van der Waals surface area (Å²) in [7, 11) is 1.37. The summed E-state index contributed by atoms with van der Waals surface area (Å²) in [5.74, 6) is -2.07. The number of methoxy groups -OCH3 is 1. The zero-order valence-electron chi connectivity index (χ0n) is 109. The molecule has 21 unspecified atom stereocenters. The molecule has 3 saturated heterocycles. The number of allylic oxidation sites excluding steroid dienone is 4. The van der Waals surface area contributed by atoms with E-state index in [2.05, 4.69) is 204 Å². The number of rotatable bonds is 56. The number of carboxylic acid groups (broad SMARTS) is 1. The summed E-state index contributed by atoms with van der Waals surface area (Å²) < 4.78 is 203. The topological polar surface area (TPSA) is 490 Å². The van der Waals surface area contributed by atoms with Gasteiger partial charge in [-0.15, -0.1) is 0 Å². The van der Waals surface area contributed by atoms with Gasteiger partial charge in [-0.3, -0.25) is 19.2 Å². The Balaban J connectivity index is -0.000000189. The van der Waals surface area contributed by atoms with Gasteiger partial charge in [0.1, 0.15) is 12.2 Å². The van der Waals surface area contributed by atoms with Gasteiger partial charge in [-0.05, 0) is 153 Å². The SMILES string of the molecule is [2H]B=S.[2H]B=S.[2H]B=S.[2H]B=S.[2H]B=S.[2H]B=S.[2H]B=S.[2H]B=S.[2H]B=S.[2H]B=S.[2H]B=S.[2H]B=S.[2H]B=S.[2H]B=S.[3H]OC(/C=C/C1C(C/C=C\CCCC(=O)O)[C@@H](O)C[C@@H]1O[3H])CCC(CC)O[3H].[3H]OC(/C=C/C1C(C/C=C\CCCC(=O)OC)[C@@H](O)C[C@@H]1O[3H])CCC(CC)O[3H].[3H]OC(/C=C/C1C2CC(=O)O[C@H]2C[C@@H]1O)CCC(CC)O[3H].[3H]OC(/C=C/C1C2CC(=O)O[C@H]2C[C@@H]1O[3H])CCC(CC)O[3H].[3H]OC(/C=C/C1C2CC(O)O[C@H]2C[C@@H]1O[3H])CCC(CC)O[3H]. The maximum Gasteiger partial charge on any atom is 0.306 e. The van der Waals surface area contributed by atoms with Crippen molar-refractivity contribution >= 4 is 286 Å². The van der Waals surface area contributed by atoms with Crippen molar-refractivity contribution in [3.63, 3.8) is 0 Å². The second-order valence-corrected chi connectivity index (χ2v) is 31.9. The second kappa shape index (κ2) is 113. The predicted octanol–water partition coefficient (Wildman–Crippen LogP) is 6.20. The van der Waals surface area contributed by atoms with Gasteiger partial charge in [0.2, 0.25) is 20.0 Å². The van der Waals surface area contributed by atoms with Crippen LogP contribution < -0.4 is 0 Å². The summed E-state index contributed by atoms with van der Waals surface area (Å²) in [6, 6.07) is 0. The van der Waals surface area contributed by atoms with Gasteiger partial charge < -0.3 is 116 Å². The third-order valence-corrected chi connectivity index (χ3v) is 23.4. The number of carbonyl (C=O) groups is 4. The molecule has 8 fully saturated rings. The van der Waals surface area contributed by atoms with E-state index in [1.165, 1.54) is 7.11 Å². The van der Waals surface area contributed by atoms with Crippen molar-refractivity contribution < 1.29 is 135 Å². The van der Waals surface area contributed by atoms with E-state index in [4.69, 9.17) is 98.9 Å². The molecule has 19 N–H and O–H groups in total. The number of fused-ring (bicyclic) bond motifs is 3. The van der Waals surface area contributed by atoms with E-state index >= 15 is 0 Å². The molecule has 0 bridgehead atoms. The molecule has 0 aromatic rings. The quantitative estimate of drug-likeness (QED) is 0.0106. The molecule has 3 heterocycles. The summed E-state index contributed by atoms with van der Waals surface area (Å²) in [6.07, 6.45) is 36.5. The molecule has 5 saturated carbocycles. The molecule has 8 aliphatic rings. The number of aliphatic hydroxyl groups excluding tert-OH is 18. The van der Waals surface area contributed by atoms with Crippen LogP contribution in [0.1, 0.15) is 234 Å². The van der Waals surface area contributed by atoms with Crippen LogP contribution in [0.5, 0.6) is 0 Å². The van der Waals surface area contributed by atoms with Crippen LogP contribution in [0.3, 0.4) is 0 Å². The van der Waals surface area contributed by atoms with Gasteiger partial charge in [-0.1, -0.05) is 120 Å². The standard InChI is InChI=1S/C21H36O6.C20H34O6.C15H26O5.2C15H24O5.14BHS/c1-3-15(22)10-11-16(23)12-13-18-17(19(24)14-20(18)25)8-6-4-5-7-9-21(26)27-2;1-2-14(21)9-10-15(22)11-12-17-16(18(23)13-19(17)24)7-5-3-4-6-8-20(25)26;3*1-2-9(16)3-4-10(17)5-6-11-12-7-15(19)20-14(12)8-13(11)18;14*1-2/h4,6,12-13,15-20,22-25H,3,5,7-11,14H2,1-2H3;3,5,11-12,14-19,21-24H,2,4,6-10,13H2,1H3,(H,25,26);5-6,9-19H,2-4,7-8H2,1H3;2*5-6,9-14,16-18H,2-4,7-8H2,1H3;14*1H/b6-4-,13-12+;5-3-,12-11+;3*6-5+;;;;;;;;;;;;;;/t15?,16?,17?,18?,19-,20-;14?,15?,16?,17?,18-,19-;9?,10?,11?,12?,13-,14-,15?;2*9?,10?,11?,12?,13-,14-;;;;;;;;;;;;;;/m00000............../s1/i22T,23T,25T;21T,22T,24T;2*16T,17T,18T;16T,17T;14*1D. The number of hydrogen-bond donors (Lipinski definition) is 19. The van der Waals surface area contributed by atoms with Gasteiger partial charge in [-0.2, -0.15) is 0 Å². The second-order valence-electron chi connectivity index (χ2n) is 31.9. The van der Waals surface area contributed by atoms with Crippen LogP contribution in [-0.2, 0) is 38.1 Å². The minimum Gasteiger partial charge on any atom is -0.481 e. The van der Waals surface area contributed by atoms with Crippen LogP contribution in [0.2, 0.25) is 0 Å². The largest absolute Gasteiger partial charge is 0.481 e. The van der Waals surface area contributed by atoms with Gasteiger partial charge in [0.15, 0.2) is 6.29 Å². The zero-order valence-corrected chi connectivity index (χ0v) is 92.3. The molecule has 0 aromatic heterocycles. The first kappa shape index (κ1) is 110. The molecule has 0 amide bonds. The third-order valence-electron chi connectivity index (χ3n) is 23.4. The van der Waals surface area contributed by atoms with Crippen molar-refractivity contribution in [3.05, 3.63) is 85.1 Å². The number of hydrogen-bond acceptors (Lipinski definition) is 40. The Labute approximate surface area is 966 Å². The van der Waals surface area contributed by atoms with Crippen LogP contribution >= 0.6 is 169 Å². The van der Waals surface area contributed by atoms with Crippen LogP contribution in [-0.4, -0.2) is 389 Å². The Morgan fingerprint density at radius 3 is 0.922 bits per heavy atom. The predicted molar refractivity (Wildman–Crippen MR) is 629 cm³/mol. The normalized spacial score (nSPS) is 28.9. The molecule has 55 heteroatoms. The molecule has 3 aliphatic heterocycles. The number of esters is 3. The number of carbonyl (C=O) groups excluding carboxylic acids is 3. The average molecular weight is 2270 g/mol. The summed E-state index contributed by atoms with van der Waals surface area (Å²) in [6.45, 7) is 21.4. The van der Waals surface area contributed by atoms with E-state index in [0.717, 1.165) is 126 Å². The number of unbranched alkanes of at least 4 members (excludes halogenated alkanes) is 2. The molecule has 27 nitrogen and oxygen atoms in total. The van der Waals surface area contributed by atoms with Crippen molar-refractivity contribution in [2.24, 2.45) is 59.2 Å². The first-order chi connectivity index (χ1) is 81.1. The third kappa shape index (κ3) is 78.1. The number of aliphatic hydroxyl groups is 18. The smallest absolute Gasteiger partial charge is 0.306 e. The molecule has 8 rings (SSSR count). The summed E-state index contributed by atoms with van der Waals surface area (Å²) >= 11 is 55.1. The van der Waals surface area contributed by atoms with Crippen molar-refractivity contribution in [1.29, 1.82) is 38.7 Å². The Morgan fingerprint density at radius 2 is 0.645 bits per heavy atom. The van der Waals surface area contributed by atoms with Gasteiger partial charge in [-0.25, -0.2) is 0 Å². The van der Waals surface area contributed by atoms with E-state index in [1.54, 1.807) is 24.3 Å². The van der Waals surface area contributed by atoms with Crippen molar-refractivity contribution in [2.45, 2.75) is 362 Å². The van der Waals surface area contributed by atoms with E-state index in [0.29, 0.717) is 161 Å². The Kier molecular flexibility index (Phi) is 88.5. The molecular weight excluding hydrogens is 2070 g/mol. The molecule has 0 aromatic carbocycles. The van der Waals surface area contributed by atoms with Gasteiger partial charge >= 0.3 is 305 Å². The van der Waals surface area contributed by atoms with Gasteiger partial charge in [0.05, 0.1) is 130 Å². The van der Waals surface area contributed by atoms with Gasteiger partial charge in [0, 0.05) is 92.8 Å². The molecule has 141 heavy (non-hydrogen) atoms. The van der Waals surface area contributed by atoms with Crippen LogP contribution in [0.15, 0.2) is 85.1 Å².